The summed E-state index contributed by atoms with van der Waals surface area (Å²) in [6.45, 7) is 1.88. The van der Waals surface area contributed by atoms with Gasteiger partial charge >= 0.3 is 5.97 Å². The SMILES string of the molecule is CON=C(C(=O)N[C@@H]1CN2C(C(=O)O)=C(CSc3nn4c(=O)cc(C)nc4s3)C(=O)S[C@H]12)c1csc(N)n1. The summed E-state index contributed by atoms with van der Waals surface area (Å²) in [4.78, 5) is 65.3. The number of anilines is 1. The molecule has 0 bridgehead atoms. The molecule has 1 saturated heterocycles. The molecule has 2 atom stereocenters. The first-order valence-electron chi connectivity index (χ1n) is 10.7. The zero-order valence-electron chi connectivity index (χ0n) is 19.6. The van der Waals surface area contributed by atoms with Gasteiger partial charge in [-0.1, -0.05) is 40.0 Å². The molecule has 5 rings (SSSR count). The van der Waals surface area contributed by atoms with Crippen molar-refractivity contribution in [2.75, 3.05) is 25.1 Å². The number of carboxylic acids is 1. The van der Waals surface area contributed by atoms with E-state index < -0.39 is 28.4 Å². The first kappa shape index (κ1) is 26.1. The number of carboxylic acid groups (broad SMARTS) is 1. The Morgan fingerprint density at radius 1 is 1.37 bits per heavy atom. The lowest BCUT2D eigenvalue weighted by Gasteiger charge is -2.51. The van der Waals surface area contributed by atoms with Crippen LogP contribution >= 0.6 is 46.2 Å². The molecule has 38 heavy (non-hydrogen) atoms. The molecule has 5 heterocycles. The Bertz CT molecular complexity index is 1590. The van der Waals surface area contributed by atoms with Gasteiger partial charge in [0.1, 0.15) is 23.9 Å². The number of aryl methyl sites for hydroxylation is 1. The number of thioether (sulfide) groups is 2. The van der Waals surface area contributed by atoms with Gasteiger partial charge in [0.25, 0.3) is 11.5 Å². The van der Waals surface area contributed by atoms with E-state index in [4.69, 9.17) is 10.6 Å². The van der Waals surface area contributed by atoms with Crippen LogP contribution < -0.4 is 16.6 Å². The Morgan fingerprint density at radius 3 is 2.84 bits per heavy atom. The molecule has 1 fully saturated rings. The van der Waals surface area contributed by atoms with Gasteiger partial charge in [0.05, 0.1) is 6.04 Å². The number of oxime groups is 1. The van der Waals surface area contributed by atoms with Gasteiger partial charge in [-0.2, -0.15) is 4.52 Å². The van der Waals surface area contributed by atoms with Crippen molar-refractivity contribution in [1.82, 2.24) is 29.8 Å². The molecule has 4 N–H and O–H groups in total. The molecule has 0 spiro atoms. The van der Waals surface area contributed by atoms with Crippen LogP contribution in [-0.4, -0.2) is 83.1 Å². The van der Waals surface area contributed by atoms with Crippen LogP contribution in [0.3, 0.4) is 0 Å². The molecule has 3 aromatic heterocycles. The predicted molar refractivity (Wildman–Crippen MR) is 142 cm³/mol. The van der Waals surface area contributed by atoms with Crippen LogP contribution in [0.5, 0.6) is 0 Å². The average Bonchev–Trinajstić information content (AvgIpc) is 3.46. The Hall–Kier alpha value is -3.48. The van der Waals surface area contributed by atoms with Gasteiger partial charge in [0, 0.05) is 35.0 Å². The molecule has 1 amide bonds. The van der Waals surface area contributed by atoms with E-state index in [1.165, 1.54) is 29.0 Å². The van der Waals surface area contributed by atoms with Gasteiger partial charge in [-0.15, -0.1) is 16.4 Å². The number of carbonyl (C=O) groups is 3. The topological polar surface area (TPSA) is 194 Å². The van der Waals surface area contributed by atoms with Crippen LogP contribution in [-0.2, 0) is 19.2 Å². The number of nitrogens with two attached hydrogens (primary N) is 1. The maximum atomic E-state index is 13.0. The third kappa shape index (κ3) is 4.86. The highest BCUT2D eigenvalue weighted by molar-refractivity contribution is 8.15. The highest BCUT2D eigenvalue weighted by Gasteiger charge is 2.49. The number of fused-ring (bicyclic) bond motifs is 2. The van der Waals surface area contributed by atoms with Crippen molar-refractivity contribution in [1.29, 1.82) is 0 Å². The zero-order chi connectivity index (χ0) is 27.1. The number of thiazole rings is 1. The lowest BCUT2D eigenvalue weighted by atomic mass is 10.0. The summed E-state index contributed by atoms with van der Waals surface area (Å²) in [6, 6.07) is 0.840. The molecular weight excluding hydrogens is 577 g/mol. The Kier molecular flexibility index (Phi) is 7.12. The van der Waals surface area contributed by atoms with Crippen molar-refractivity contribution >= 4 is 79.0 Å². The second kappa shape index (κ2) is 10.4. The predicted octanol–water partition coefficient (Wildman–Crippen LogP) is 0.380. The molecule has 0 radical (unpaired) electrons. The van der Waals surface area contributed by atoms with E-state index in [2.05, 4.69) is 25.5 Å². The van der Waals surface area contributed by atoms with Crippen molar-refractivity contribution < 1.29 is 24.3 Å². The zero-order valence-corrected chi connectivity index (χ0v) is 22.9. The summed E-state index contributed by atoms with van der Waals surface area (Å²) in [5.41, 5.74) is 6.04. The first-order valence-corrected chi connectivity index (χ1v) is 14.3. The van der Waals surface area contributed by atoms with E-state index in [1.54, 1.807) is 17.2 Å². The number of aromatic nitrogens is 4. The smallest absolute Gasteiger partial charge is 0.352 e. The number of nitrogens with one attached hydrogen (secondary N) is 1. The number of aliphatic carboxylic acids is 1. The third-order valence-electron chi connectivity index (χ3n) is 5.47. The van der Waals surface area contributed by atoms with E-state index in [0.29, 0.717) is 15.0 Å². The summed E-state index contributed by atoms with van der Waals surface area (Å²) in [7, 11) is 1.29. The summed E-state index contributed by atoms with van der Waals surface area (Å²) >= 11 is 4.40. The van der Waals surface area contributed by atoms with Gasteiger partial charge in [-0.25, -0.2) is 14.8 Å². The maximum absolute atomic E-state index is 13.0. The van der Waals surface area contributed by atoms with Gasteiger partial charge < -0.3 is 25.9 Å². The molecule has 0 aliphatic carbocycles. The van der Waals surface area contributed by atoms with Gasteiger partial charge in [-0.3, -0.25) is 14.4 Å². The van der Waals surface area contributed by atoms with E-state index in [-0.39, 0.29) is 45.7 Å². The molecule has 0 unspecified atom stereocenters. The molecule has 3 aromatic rings. The minimum atomic E-state index is -1.25. The molecule has 14 nitrogen and oxygen atoms in total. The van der Waals surface area contributed by atoms with Gasteiger partial charge in [0.2, 0.25) is 10.1 Å². The second-order valence-electron chi connectivity index (χ2n) is 7.94. The van der Waals surface area contributed by atoms with Crippen LogP contribution in [0, 0.1) is 6.92 Å². The number of rotatable bonds is 8. The fourth-order valence-electron chi connectivity index (χ4n) is 3.82. The van der Waals surface area contributed by atoms with Crippen molar-refractivity contribution in [3.05, 3.63) is 44.5 Å². The number of carbonyl (C=O) groups excluding carboxylic acids is 2. The van der Waals surface area contributed by atoms with Crippen molar-refractivity contribution in [2.45, 2.75) is 22.7 Å². The van der Waals surface area contributed by atoms with Gasteiger partial charge in [0.15, 0.2) is 15.2 Å². The normalized spacial score (nSPS) is 19.4. The average molecular weight is 595 g/mol. The van der Waals surface area contributed by atoms with Gasteiger partial charge in [-0.05, 0) is 6.92 Å². The summed E-state index contributed by atoms with van der Waals surface area (Å²) in [5, 5.41) is 21.5. The number of nitrogen functional groups attached to an aromatic ring is 1. The van der Waals surface area contributed by atoms with Crippen LogP contribution in [0.1, 0.15) is 11.4 Å². The molecule has 18 heteroatoms. The second-order valence-corrected chi connectivity index (χ2v) is 12.1. The van der Waals surface area contributed by atoms with Crippen LogP contribution in [0.25, 0.3) is 4.96 Å². The van der Waals surface area contributed by atoms with E-state index in [0.717, 1.165) is 34.9 Å². The summed E-state index contributed by atoms with van der Waals surface area (Å²) in [6.07, 6.45) is 0. The van der Waals surface area contributed by atoms with Crippen molar-refractivity contribution in [3.8, 4) is 0 Å². The third-order valence-corrected chi connectivity index (χ3v) is 9.49. The Labute approximate surface area is 230 Å². The molecule has 198 valence electrons. The molecular formula is C20H18N8O6S4. The quantitative estimate of drug-likeness (QED) is 0.184. The van der Waals surface area contributed by atoms with Crippen LogP contribution in [0.2, 0.25) is 0 Å². The number of amides is 1. The van der Waals surface area contributed by atoms with Crippen LogP contribution in [0.4, 0.5) is 5.13 Å². The van der Waals surface area contributed by atoms with Crippen molar-refractivity contribution in [2.24, 2.45) is 5.16 Å². The minimum absolute atomic E-state index is 0.0388. The number of hydrogen-bond acceptors (Lipinski definition) is 15. The molecule has 0 saturated carbocycles. The van der Waals surface area contributed by atoms with Crippen LogP contribution in [0.15, 0.2) is 37.0 Å². The monoisotopic (exact) mass is 594 g/mol. The number of nitrogens with zero attached hydrogens (tertiary/aromatic N) is 6. The Balaban J connectivity index is 1.32. The summed E-state index contributed by atoms with van der Waals surface area (Å²) in [5.74, 6) is -1.80. The van der Waals surface area contributed by atoms with E-state index >= 15 is 0 Å². The van der Waals surface area contributed by atoms with E-state index in [9.17, 15) is 24.3 Å². The lowest BCUT2D eigenvalue weighted by Crippen LogP contribution is -2.67. The highest BCUT2D eigenvalue weighted by Crippen LogP contribution is 2.42. The molecule has 0 aromatic carbocycles. The molecule has 2 aliphatic rings. The maximum Gasteiger partial charge on any atom is 0.352 e. The standard InChI is InChI=1S/C20H18N8O6S4/c1-7-3-11(29)28-19(22-7)38-20(25-28)36-5-8-13(16(31)32)27-4-9(15(27)37-17(8)33)23-14(30)12(26-34-2)10-6-35-18(21)24-10/h3,6,9,15H,4-5H2,1-2H3,(H2,21,24)(H,23,30)(H,31,32)/t9-,15-/m1/s1. The lowest BCUT2D eigenvalue weighted by molar-refractivity contribution is -0.136. The summed E-state index contributed by atoms with van der Waals surface area (Å²) < 4.78 is 1.64. The van der Waals surface area contributed by atoms with E-state index in [1.807, 2.05) is 0 Å². The van der Waals surface area contributed by atoms with Crippen molar-refractivity contribution in [3.63, 3.8) is 0 Å². The largest absolute Gasteiger partial charge is 0.477 e. The fraction of sp³-hybridized carbons (Fsp3) is 0.300. The Morgan fingerprint density at radius 2 is 2.16 bits per heavy atom. The first-order chi connectivity index (χ1) is 18.2. The molecule has 2 aliphatic heterocycles. The number of hydrogen-bond donors (Lipinski definition) is 3. The highest BCUT2D eigenvalue weighted by atomic mass is 32.2. The fourth-order valence-corrected chi connectivity index (χ4v) is 7.62. The minimum Gasteiger partial charge on any atom is -0.477 e.